The second kappa shape index (κ2) is 10.8. The lowest BCUT2D eigenvalue weighted by molar-refractivity contribution is -0.138. The summed E-state index contributed by atoms with van der Waals surface area (Å²) in [5.74, 6) is -1.58. The molecule has 0 atom stereocenters. The fourth-order valence-electron chi connectivity index (χ4n) is 1.79. The van der Waals surface area contributed by atoms with Gasteiger partial charge in [0.25, 0.3) is 0 Å². The predicted molar refractivity (Wildman–Crippen MR) is 102 cm³/mol. The van der Waals surface area contributed by atoms with Crippen LogP contribution < -0.4 is 0 Å². The van der Waals surface area contributed by atoms with Crippen molar-refractivity contribution in [2.75, 3.05) is 13.2 Å². The van der Waals surface area contributed by atoms with E-state index in [4.69, 9.17) is 32.7 Å². The van der Waals surface area contributed by atoms with Crippen molar-refractivity contribution in [3.8, 4) is 0 Å². The third-order valence-electron chi connectivity index (χ3n) is 3.06. The first-order valence-electron chi connectivity index (χ1n) is 8.08. The van der Waals surface area contributed by atoms with Crippen molar-refractivity contribution in [1.82, 2.24) is 0 Å². The van der Waals surface area contributed by atoms with E-state index in [2.05, 4.69) is 4.99 Å². The zero-order valence-electron chi connectivity index (χ0n) is 14.8. The molecule has 1 aromatic carbocycles. The van der Waals surface area contributed by atoms with Gasteiger partial charge >= 0.3 is 11.9 Å². The Kier molecular flexibility index (Phi) is 9.16. The van der Waals surface area contributed by atoms with E-state index in [1.54, 1.807) is 0 Å². The summed E-state index contributed by atoms with van der Waals surface area (Å²) >= 11 is 12.2. The molecule has 0 aromatic heterocycles. The van der Waals surface area contributed by atoms with Gasteiger partial charge in [0.05, 0.1) is 29.5 Å². The van der Waals surface area contributed by atoms with Gasteiger partial charge in [-0.1, -0.05) is 37.0 Å². The van der Waals surface area contributed by atoms with Crippen LogP contribution in [-0.4, -0.2) is 36.5 Å². The van der Waals surface area contributed by atoms with Crippen LogP contribution >= 0.6 is 23.2 Å². The molecule has 0 aliphatic rings. The van der Waals surface area contributed by atoms with Crippen molar-refractivity contribution in [2.24, 2.45) is 4.99 Å². The van der Waals surface area contributed by atoms with Crippen LogP contribution in [0.3, 0.4) is 0 Å². The number of carbonyl (C=O) groups is 2. The van der Waals surface area contributed by atoms with Gasteiger partial charge in [-0.2, -0.15) is 0 Å². The smallest absolute Gasteiger partial charge is 0.343 e. The number of esters is 2. The number of benzene rings is 1. The number of aliphatic hydroxyl groups excluding tert-OH is 1. The Morgan fingerprint density at radius 2 is 1.77 bits per heavy atom. The first-order valence-corrected chi connectivity index (χ1v) is 8.84. The molecule has 142 valence electrons. The highest BCUT2D eigenvalue weighted by Crippen LogP contribution is 2.33. The Bertz CT molecular complexity index is 725. The Labute approximate surface area is 162 Å². The summed E-state index contributed by atoms with van der Waals surface area (Å²) in [5, 5.41) is 9.94. The predicted octanol–water partition coefficient (Wildman–Crippen LogP) is 5.05. The van der Waals surface area contributed by atoms with Crippen LogP contribution in [0.2, 0.25) is 10.0 Å². The fraction of sp³-hybridized carbons (Fsp3) is 0.389. The van der Waals surface area contributed by atoms with Crippen molar-refractivity contribution in [3.63, 3.8) is 0 Å². The van der Waals surface area contributed by atoms with E-state index in [1.807, 2.05) is 13.8 Å². The van der Waals surface area contributed by atoms with Gasteiger partial charge in [0.1, 0.15) is 11.3 Å². The van der Waals surface area contributed by atoms with Crippen molar-refractivity contribution in [3.05, 3.63) is 39.1 Å². The Balaban J connectivity index is 3.17. The number of carbonyl (C=O) groups excluding carboxylic acids is 2. The van der Waals surface area contributed by atoms with Gasteiger partial charge in [0.15, 0.2) is 0 Å². The van der Waals surface area contributed by atoms with Crippen molar-refractivity contribution < 1.29 is 24.2 Å². The van der Waals surface area contributed by atoms with Crippen LogP contribution in [0, 0.1) is 0 Å². The van der Waals surface area contributed by atoms with E-state index in [9.17, 15) is 14.7 Å². The summed E-state index contributed by atoms with van der Waals surface area (Å²) in [6.07, 6.45) is 2.43. The van der Waals surface area contributed by atoms with E-state index in [0.717, 1.165) is 6.21 Å². The molecule has 1 rings (SSSR count). The van der Waals surface area contributed by atoms with Gasteiger partial charge in [-0.15, -0.1) is 0 Å². The molecular weight excluding hydrogens is 381 g/mol. The number of allylic oxidation sites excluding steroid dienone is 1. The van der Waals surface area contributed by atoms with Crippen LogP contribution in [-0.2, 0) is 14.3 Å². The van der Waals surface area contributed by atoms with E-state index in [-0.39, 0.29) is 45.8 Å². The van der Waals surface area contributed by atoms with Crippen LogP contribution in [0.4, 0.5) is 5.69 Å². The summed E-state index contributed by atoms with van der Waals surface area (Å²) in [4.78, 5) is 28.1. The number of halogens is 2. The van der Waals surface area contributed by atoms with Gasteiger partial charge in [-0.05, 0) is 31.9 Å². The van der Waals surface area contributed by atoms with Gasteiger partial charge in [-0.3, -0.25) is 4.99 Å². The molecular formula is C18H21Cl2NO5. The van der Waals surface area contributed by atoms with Gasteiger partial charge in [-0.25, -0.2) is 9.59 Å². The molecule has 26 heavy (non-hydrogen) atoms. The standard InChI is InChI=1S/C18H21Cl2NO5/c1-4-6-25-17(23)13-8-12(19)9-15(16(13)20)21-10-14(11(3)22)18(24)26-7-5-2/h8-10,22H,4-7H2,1-3H3. The van der Waals surface area contributed by atoms with Crippen LogP contribution in [0.1, 0.15) is 44.0 Å². The largest absolute Gasteiger partial charge is 0.512 e. The van der Waals surface area contributed by atoms with Crippen molar-refractivity contribution in [1.29, 1.82) is 0 Å². The fourth-order valence-corrected chi connectivity index (χ4v) is 2.24. The van der Waals surface area contributed by atoms with Crippen molar-refractivity contribution >= 4 is 47.0 Å². The number of hydrogen-bond donors (Lipinski definition) is 1. The molecule has 0 fully saturated rings. The Morgan fingerprint density at radius 1 is 1.15 bits per heavy atom. The van der Waals surface area contributed by atoms with Crippen LogP contribution in [0.5, 0.6) is 0 Å². The molecule has 0 aliphatic heterocycles. The first-order chi connectivity index (χ1) is 12.3. The van der Waals surface area contributed by atoms with E-state index in [0.29, 0.717) is 12.8 Å². The summed E-state index contributed by atoms with van der Waals surface area (Å²) < 4.78 is 10.0. The minimum Gasteiger partial charge on any atom is -0.512 e. The molecule has 0 amide bonds. The molecule has 0 radical (unpaired) electrons. The lowest BCUT2D eigenvalue weighted by Crippen LogP contribution is -2.11. The molecule has 0 saturated carbocycles. The average molecular weight is 402 g/mol. The second-order valence-electron chi connectivity index (χ2n) is 5.32. The summed E-state index contributed by atoms with van der Waals surface area (Å²) in [6.45, 7) is 5.52. The summed E-state index contributed by atoms with van der Waals surface area (Å²) in [7, 11) is 0. The molecule has 6 nitrogen and oxygen atoms in total. The molecule has 0 heterocycles. The zero-order chi connectivity index (χ0) is 19.7. The third kappa shape index (κ3) is 6.35. The van der Waals surface area contributed by atoms with E-state index < -0.39 is 11.9 Å². The van der Waals surface area contributed by atoms with Crippen LogP contribution in [0.25, 0.3) is 0 Å². The second-order valence-corrected chi connectivity index (χ2v) is 6.13. The van der Waals surface area contributed by atoms with Gasteiger partial charge in [0, 0.05) is 11.2 Å². The highest BCUT2D eigenvalue weighted by molar-refractivity contribution is 6.38. The van der Waals surface area contributed by atoms with E-state index in [1.165, 1.54) is 19.1 Å². The number of aliphatic hydroxyl groups is 1. The lowest BCUT2D eigenvalue weighted by atomic mass is 10.2. The quantitative estimate of drug-likeness (QED) is 0.285. The number of rotatable bonds is 8. The minimum atomic E-state index is -0.712. The van der Waals surface area contributed by atoms with Crippen LogP contribution in [0.15, 0.2) is 28.5 Å². The highest BCUT2D eigenvalue weighted by Gasteiger charge is 2.17. The maximum atomic E-state index is 12.1. The molecule has 0 aliphatic carbocycles. The maximum Gasteiger partial charge on any atom is 0.343 e. The third-order valence-corrected chi connectivity index (χ3v) is 3.67. The molecule has 8 heteroatoms. The topological polar surface area (TPSA) is 85.2 Å². The monoisotopic (exact) mass is 401 g/mol. The Hall–Kier alpha value is -2.05. The highest BCUT2D eigenvalue weighted by atomic mass is 35.5. The Morgan fingerprint density at radius 3 is 2.35 bits per heavy atom. The minimum absolute atomic E-state index is 0.0311. The first kappa shape index (κ1) is 22.0. The maximum absolute atomic E-state index is 12.1. The van der Waals surface area contributed by atoms with E-state index >= 15 is 0 Å². The summed E-state index contributed by atoms with van der Waals surface area (Å²) in [6, 6.07) is 2.81. The van der Waals surface area contributed by atoms with Gasteiger partial charge in [0.2, 0.25) is 0 Å². The number of aliphatic imine (C=N–C) groups is 1. The average Bonchev–Trinajstić information content (AvgIpc) is 2.60. The number of ether oxygens (including phenoxy) is 2. The number of hydrogen-bond acceptors (Lipinski definition) is 6. The van der Waals surface area contributed by atoms with Crippen molar-refractivity contribution in [2.45, 2.75) is 33.6 Å². The SMILES string of the molecule is CCCOC(=O)C(C=Nc1cc(Cl)cc(C(=O)OCCC)c1Cl)=C(C)O. The molecule has 0 spiro atoms. The molecule has 0 bridgehead atoms. The summed E-state index contributed by atoms with van der Waals surface area (Å²) in [5.41, 5.74) is 0.105. The zero-order valence-corrected chi connectivity index (χ0v) is 16.4. The normalized spacial score (nSPS) is 12.0. The lowest BCUT2D eigenvalue weighted by Gasteiger charge is -2.08. The molecule has 0 saturated heterocycles. The molecule has 1 N–H and O–H groups in total. The molecule has 1 aromatic rings. The molecule has 0 unspecified atom stereocenters. The van der Waals surface area contributed by atoms with Gasteiger partial charge < -0.3 is 14.6 Å². The number of nitrogens with zero attached hydrogens (tertiary/aromatic N) is 1.